The van der Waals surface area contributed by atoms with Crippen LogP contribution in [0.4, 0.5) is 5.82 Å². The predicted octanol–water partition coefficient (Wildman–Crippen LogP) is 3.03. The molecule has 0 spiro atoms. The summed E-state index contributed by atoms with van der Waals surface area (Å²) < 4.78 is 1.92. The third-order valence-electron chi connectivity index (χ3n) is 4.83. The zero-order chi connectivity index (χ0) is 19.8. The second kappa shape index (κ2) is 7.07. The molecule has 3 aromatic rings. The van der Waals surface area contributed by atoms with Crippen LogP contribution >= 0.6 is 0 Å². The van der Waals surface area contributed by atoms with Gasteiger partial charge in [-0.25, -0.2) is 15.0 Å². The number of hydrogen-bond donors (Lipinski definition) is 1. The number of carbonyl (C=O) groups excluding carboxylic acids is 1. The smallest absolute Gasteiger partial charge is 0.251 e. The molecule has 7 heteroatoms. The Bertz CT molecular complexity index is 1070. The summed E-state index contributed by atoms with van der Waals surface area (Å²) in [4.78, 5) is 27.9. The van der Waals surface area contributed by atoms with Crippen LogP contribution in [0.3, 0.4) is 0 Å². The van der Waals surface area contributed by atoms with Crippen molar-refractivity contribution >= 4 is 22.9 Å². The molecule has 28 heavy (non-hydrogen) atoms. The Morgan fingerprint density at radius 1 is 1.32 bits per heavy atom. The van der Waals surface area contributed by atoms with Gasteiger partial charge in [-0.1, -0.05) is 18.2 Å². The van der Waals surface area contributed by atoms with Crippen LogP contribution in [-0.2, 0) is 0 Å². The number of fused-ring (bicyclic) bond motifs is 1. The predicted molar refractivity (Wildman–Crippen MR) is 110 cm³/mol. The van der Waals surface area contributed by atoms with E-state index >= 15 is 0 Å². The lowest BCUT2D eigenvalue weighted by molar-refractivity contribution is 0.0951. The highest BCUT2D eigenvalue weighted by Gasteiger charge is 2.24. The zero-order valence-electron chi connectivity index (χ0n) is 16.4. The number of anilines is 1. The molecule has 0 saturated heterocycles. The number of carbonyl (C=O) groups is 1. The fraction of sp³-hybridized carbons (Fsp3) is 0.333. The van der Waals surface area contributed by atoms with E-state index < -0.39 is 0 Å². The van der Waals surface area contributed by atoms with E-state index in [4.69, 9.17) is 0 Å². The first-order valence-corrected chi connectivity index (χ1v) is 9.39. The second-order valence-corrected chi connectivity index (χ2v) is 7.55. The van der Waals surface area contributed by atoms with E-state index in [1.807, 2.05) is 48.6 Å². The summed E-state index contributed by atoms with van der Waals surface area (Å²) in [6.07, 6.45) is 5.41. The van der Waals surface area contributed by atoms with Crippen molar-refractivity contribution in [3.8, 4) is 5.69 Å². The first kappa shape index (κ1) is 18.2. The van der Waals surface area contributed by atoms with Gasteiger partial charge in [0.05, 0.1) is 5.69 Å². The number of rotatable bonds is 6. The minimum atomic E-state index is -0.0373. The van der Waals surface area contributed by atoms with Gasteiger partial charge in [0.15, 0.2) is 17.0 Å². The number of hydrogen-bond acceptors (Lipinski definition) is 5. The second-order valence-electron chi connectivity index (χ2n) is 7.55. The van der Waals surface area contributed by atoms with Gasteiger partial charge >= 0.3 is 0 Å². The lowest BCUT2D eigenvalue weighted by Gasteiger charge is -2.18. The number of likely N-dealkylation sites (N-methyl/N-ethyl adjacent to an activating group) is 1. The molecule has 1 saturated carbocycles. The van der Waals surface area contributed by atoms with Gasteiger partial charge in [-0.05, 0) is 44.4 Å². The van der Waals surface area contributed by atoms with Crippen molar-refractivity contribution in [1.82, 2.24) is 24.8 Å². The van der Waals surface area contributed by atoms with Gasteiger partial charge in [0.1, 0.15) is 12.7 Å². The van der Waals surface area contributed by atoms with E-state index in [0.29, 0.717) is 23.8 Å². The number of imidazole rings is 1. The van der Waals surface area contributed by atoms with Crippen LogP contribution < -0.4 is 10.2 Å². The van der Waals surface area contributed by atoms with E-state index in [1.165, 1.54) is 0 Å². The Hall–Kier alpha value is -3.22. The van der Waals surface area contributed by atoms with Crippen molar-refractivity contribution in [1.29, 1.82) is 0 Å². The number of nitrogens with zero attached hydrogens (tertiary/aromatic N) is 5. The highest BCUT2D eigenvalue weighted by atomic mass is 16.1. The van der Waals surface area contributed by atoms with E-state index in [1.54, 1.807) is 12.7 Å². The molecule has 0 aliphatic heterocycles. The molecule has 0 radical (unpaired) electrons. The minimum Gasteiger partial charge on any atom is -0.354 e. The minimum absolute atomic E-state index is 0.0373. The van der Waals surface area contributed by atoms with E-state index in [-0.39, 0.29) is 5.91 Å². The van der Waals surface area contributed by atoms with Crippen molar-refractivity contribution in [2.24, 2.45) is 0 Å². The number of amides is 1. The SMILES string of the molecule is C=C(C)CN(C)c1ncnc2c1ncn2-c1cc(C(=O)NC2CC2)ccc1C. The maximum absolute atomic E-state index is 12.5. The highest BCUT2D eigenvalue weighted by Crippen LogP contribution is 2.26. The molecule has 1 fully saturated rings. The molecule has 7 nitrogen and oxygen atoms in total. The molecular weight excluding hydrogens is 352 g/mol. The summed E-state index contributed by atoms with van der Waals surface area (Å²) in [6.45, 7) is 8.65. The van der Waals surface area contributed by atoms with E-state index in [0.717, 1.165) is 41.0 Å². The molecule has 2 aromatic heterocycles. The number of aryl methyl sites for hydroxylation is 1. The Kier molecular flexibility index (Phi) is 4.58. The third kappa shape index (κ3) is 3.47. The third-order valence-corrected chi connectivity index (χ3v) is 4.83. The fourth-order valence-corrected chi connectivity index (χ4v) is 3.26. The monoisotopic (exact) mass is 376 g/mol. The van der Waals surface area contributed by atoms with Gasteiger partial charge in [-0.2, -0.15) is 0 Å². The van der Waals surface area contributed by atoms with Gasteiger partial charge in [0, 0.05) is 25.2 Å². The molecular formula is C21H24N6O. The van der Waals surface area contributed by atoms with Crippen LogP contribution in [0.2, 0.25) is 0 Å². The van der Waals surface area contributed by atoms with Gasteiger partial charge in [-0.15, -0.1) is 0 Å². The Morgan fingerprint density at radius 3 is 2.82 bits per heavy atom. The van der Waals surface area contributed by atoms with Crippen molar-refractivity contribution in [2.45, 2.75) is 32.7 Å². The topological polar surface area (TPSA) is 75.9 Å². The summed E-state index contributed by atoms with van der Waals surface area (Å²) in [5, 5.41) is 3.04. The molecule has 0 bridgehead atoms. The average molecular weight is 376 g/mol. The average Bonchev–Trinajstić information content (AvgIpc) is 3.36. The molecule has 1 aliphatic rings. The van der Waals surface area contributed by atoms with Crippen LogP contribution in [0.5, 0.6) is 0 Å². The first-order chi connectivity index (χ1) is 13.4. The molecule has 1 aromatic carbocycles. The van der Waals surface area contributed by atoms with Crippen LogP contribution in [0.25, 0.3) is 16.9 Å². The number of nitrogens with one attached hydrogen (secondary N) is 1. The lowest BCUT2D eigenvalue weighted by Crippen LogP contribution is -2.25. The van der Waals surface area contributed by atoms with Crippen LogP contribution in [0.15, 0.2) is 43.0 Å². The van der Waals surface area contributed by atoms with Gasteiger partial charge in [-0.3, -0.25) is 9.36 Å². The maximum atomic E-state index is 12.5. The number of aromatic nitrogens is 4. The van der Waals surface area contributed by atoms with Gasteiger partial charge < -0.3 is 10.2 Å². The fourth-order valence-electron chi connectivity index (χ4n) is 3.26. The van der Waals surface area contributed by atoms with Gasteiger partial charge in [0.25, 0.3) is 5.91 Å². The van der Waals surface area contributed by atoms with Gasteiger partial charge in [0.2, 0.25) is 0 Å². The zero-order valence-corrected chi connectivity index (χ0v) is 16.4. The Balaban J connectivity index is 1.75. The number of benzene rings is 1. The molecule has 1 N–H and O–H groups in total. The Labute approximate surface area is 164 Å². The standard InChI is InChI=1S/C21H24N6O/c1-13(2)10-26(4)19-18-20(23-11-22-19)27(12-24-18)17-9-15(6-5-14(17)3)21(28)25-16-7-8-16/h5-6,9,11-12,16H,1,7-8,10H2,2-4H3,(H,25,28). The summed E-state index contributed by atoms with van der Waals surface area (Å²) >= 11 is 0. The van der Waals surface area contributed by atoms with Crippen molar-refractivity contribution < 1.29 is 4.79 Å². The van der Waals surface area contributed by atoms with E-state index in [9.17, 15) is 4.79 Å². The van der Waals surface area contributed by atoms with Crippen LogP contribution in [0.1, 0.15) is 35.7 Å². The van der Waals surface area contributed by atoms with Crippen LogP contribution in [-0.4, -0.2) is 45.1 Å². The lowest BCUT2D eigenvalue weighted by atomic mass is 10.1. The molecule has 4 rings (SSSR count). The summed E-state index contributed by atoms with van der Waals surface area (Å²) in [6, 6.07) is 6.04. The van der Waals surface area contributed by atoms with Crippen LogP contribution in [0, 0.1) is 6.92 Å². The highest BCUT2D eigenvalue weighted by molar-refractivity contribution is 5.95. The van der Waals surface area contributed by atoms with Crippen molar-refractivity contribution in [2.75, 3.05) is 18.5 Å². The van der Waals surface area contributed by atoms with Crippen molar-refractivity contribution in [3.05, 3.63) is 54.1 Å². The molecule has 2 heterocycles. The summed E-state index contributed by atoms with van der Waals surface area (Å²) in [5.74, 6) is 0.719. The molecule has 0 unspecified atom stereocenters. The molecule has 1 amide bonds. The quantitative estimate of drug-likeness (QED) is 0.669. The van der Waals surface area contributed by atoms with Crippen molar-refractivity contribution in [3.63, 3.8) is 0 Å². The normalized spacial score (nSPS) is 13.5. The molecule has 1 aliphatic carbocycles. The summed E-state index contributed by atoms with van der Waals surface area (Å²) in [7, 11) is 1.96. The Morgan fingerprint density at radius 2 is 2.11 bits per heavy atom. The summed E-state index contributed by atoms with van der Waals surface area (Å²) in [5.41, 5.74) is 5.04. The largest absolute Gasteiger partial charge is 0.354 e. The maximum Gasteiger partial charge on any atom is 0.251 e. The molecule has 144 valence electrons. The molecule has 0 atom stereocenters. The van der Waals surface area contributed by atoms with E-state index in [2.05, 4.69) is 26.8 Å². The first-order valence-electron chi connectivity index (χ1n) is 9.39.